The molecule has 0 bridgehead atoms. The van der Waals surface area contributed by atoms with E-state index in [1.807, 2.05) is 0 Å². The molecule has 0 aromatic carbocycles. The van der Waals surface area contributed by atoms with Crippen molar-refractivity contribution in [2.75, 3.05) is 0 Å². The summed E-state index contributed by atoms with van der Waals surface area (Å²) in [6, 6.07) is 0. The van der Waals surface area contributed by atoms with Crippen molar-refractivity contribution in [3.8, 4) is 0 Å². The average molecular weight is 275 g/mol. The van der Waals surface area contributed by atoms with Crippen LogP contribution >= 0.6 is 38.8 Å². The van der Waals surface area contributed by atoms with Crippen molar-refractivity contribution < 1.29 is 15.5 Å². The van der Waals surface area contributed by atoms with E-state index >= 15 is 0 Å². The Bertz CT molecular complexity index is 189. The van der Waals surface area contributed by atoms with Crippen LogP contribution in [0, 0.1) is 0 Å². The first-order chi connectivity index (χ1) is 2.45. The molecule has 0 N–H and O–H groups in total. The van der Waals surface area contributed by atoms with Gasteiger partial charge in [-0.15, -0.1) is 0 Å². The van der Waals surface area contributed by atoms with Crippen molar-refractivity contribution in [3.05, 3.63) is 0 Å². The van der Waals surface area contributed by atoms with Gasteiger partial charge in [-0.05, 0) is 0 Å². The van der Waals surface area contributed by atoms with Crippen LogP contribution in [0.3, 0.4) is 0 Å². The summed E-state index contributed by atoms with van der Waals surface area (Å²) < 4.78 is 19.9. The fourth-order valence-electron chi connectivity index (χ4n) is 0. The third-order valence-electron chi connectivity index (χ3n) is 0. The van der Waals surface area contributed by atoms with Crippen LogP contribution in [0.2, 0.25) is 0 Å². The second-order valence-electron chi connectivity index (χ2n) is 0.798. The zero-order valence-corrected chi connectivity index (χ0v) is 7.44. The number of halogens is 4. The van der Waals surface area contributed by atoms with E-state index in [0.29, 0.717) is 0 Å². The summed E-state index contributed by atoms with van der Waals surface area (Å²) in [5, 5.41) is 0. The molecule has 48 valence electrons. The van der Waals surface area contributed by atoms with Crippen LogP contribution in [-0.4, -0.2) is 0 Å². The Hall–Kier alpha value is 1.38. The van der Waals surface area contributed by atoms with Gasteiger partial charge in [0.25, 0.3) is 0 Å². The van der Waals surface area contributed by atoms with E-state index in [1.54, 1.807) is 0 Å². The first-order valence-electron chi connectivity index (χ1n) is 0.823. The number of rotatable bonds is 0. The molecule has 0 aromatic heterocycles. The van der Waals surface area contributed by atoms with Crippen molar-refractivity contribution >= 4 is 38.8 Å². The van der Waals surface area contributed by atoms with Gasteiger partial charge in [0, 0.05) is 0 Å². The molecule has 2 nitrogen and oxygen atoms in total. The first-order valence-corrected chi connectivity index (χ1v) is 11.2. The molecule has 0 spiro atoms. The van der Waals surface area contributed by atoms with Crippen LogP contribution in [0.4, 0.5) is 0 Å². The van der Waals surface area contributed by atoms with Crippen LogP contribution in [-0.2, 0) is 15.5 Å². The zero-order valence-electron chi connectivity index (χ0n) is 2.68. The van der Waals surface area contributed by atoms with Gasteiger partial charge >= 0.3 is 54.3 Å². The topological polar surface area (TPSA) is 34.1 Å². The minimum atomic E-state index is -6.66. The van der Waals surface area contributed by atoms with Gasteiger partial charge in [-0.1, -0.05) is 0 Å². The normalized spacial score (nSPS) is 22.9. The quantitative estimate of drug-likeness (QED) is 0.636. The molecule has 0 aromatic rings. The second-order valence-corrected chi connectivity index (χ2v) is 24.2. The van der Waals surface area contributed by atoms with Gasteiger partial charge < -0.3 is 0 Å². The Morgan fingerprint density at radius 3 is 0.857 bits per heavy atom. The maximum atomic E-state index is 9.94. The predicted octanol–water partition coefficient (Wildman–Crippen LogP) is 2.52. The standard InChI is InChI=1S/4ClH.2O.Ru/h4*1H;;;/q;;;;;;+4/p-4. The number of hydrogen-bond acceptors (Lipinski definition) is 2. The van der Waals surface area contributed by atoms with Crippen LogP contribution in [0.25, 0.3) is 0 Å². The average Bonchev–Trinajstić information content (AvgIpc) is 0.592. The van der Waals surface area contributed by atoms with Gasteiger partial charge in [0.15, 0.2) is 0 Å². The van der Waals surface area contributed by atoms with Gasteiger partial charge in [-0.3, -0.25) is 0 Å². The summed E-state index contributed by atoms with van der Waals surface area (Å²) in [4.78, 5) is 0. The molecule has 0 aliphatic rings. The zero-order chi connectivity index (χ0) is 6.41. The number of hydrogen-bond donors (Lipinski definition) is 0. The van der Waals surface area contributed by atoms with Gasteiger partial charge in [0.05, 0.1) is 0 Å². The van der Waals surface area contributed by atoms with Gasteiger partial charge in [0.2, 0.25) is 0 Å². The van der Waals surface area contributed by atoms with Gasteiger partial charge in [-0.2, -0.15) is 0 Å². The van der Waals surface area contributed by atoms with Crippen LogP contribution in [0.1, 0.15) is 0 Å². The van der Waals surface area contributed by atoms with Crippen molar-refractivity contribution in [2.45, 2.75) is 0 Å². The monoisotopic (exact) mass is 274 g/mol. The molecule has 7 heavy (non-hydrogen) atoms. The maximum absolute atomic E-state index is 9.94. The van der Waals surface area contributed by atoms with Crippen LogP contribution in [0.15, 0.2) is 0 Å². The molecule has 0 heterocycles. The van der Waals surface area contributed by atoms with E-state index in [0.717, 1.165) is 0 Å². The fourth-order valence-corrected chi connectivity index (χ4v) is 0. The van der Waals surface area contributed by atoms with E-state index in [4.69, 9.17) is 0 Å². The van der Waals surface area contributed by atoms with Gasteiger partial charge in [-0.25, -0.2) is 0 Å². The Labute approximate surface area is 54.0 Å². The molecule has 7 heteroatoms. The molecule has 0 aliphatic heterocycles. The van der Waals surface area contributed by atoms with E-state index < -0.39 is 8.36 Å². The molecule has 0 saturated heterocycles. The molecule has 0 saturated carbocycles. The summed E-state index contributed by atoms with van der Waals surface area (Å²) in [6.45, 7) is 0. The predicted molar refractivity (Wildman–Crippen MR) is 24.8 cm³/mol. The molecule has 0 fully saturated rings. The fraction of sp³-hybridized carbons (Fsp3) is 0. The molecular weight excluding hydrogens is 275 g/mol. The third kappa shape index (κ3) is 112. The van der Waals surface area contributed by atoms with Crippen molar-refractivity contribution in [2.24, 2.45) is 0 Å². The Morgan fingerprint density at radius 1 is 0.857 bits per heavy atom. The summed E-state index contributed by atoms with van der Waals surface area (Å²) in [5.41, 5.74) is 0. The summed E-state index contributed by atoms with van der Waals surface area (Å²) >= 11 is 0. The van der Waals surface area contributed by atoms with E-state index in [1.165, 1.54) is 0 Å². The third-order valence-corrected chi connectivity index (χ3v) is 0. The molecule has 0 amide bonds. The van der Waals surface area contributed by atoms with Crippen LogP contribution in [0.5, 0.6) is 0 Å². The summed E-state index contributed by atoms with van der Waals surface area (Å²) in [7, 11) is 10.9. The molecule has 0 unspecified atom stereocenters. The second kappa shape index (κ2) is 1.12. The molecular formula is Cl4O2Ru. The first kappa shape index (κ1) is 8.38. The summed E-state index contributed by atoms with van der Waals surface area (Å²) in [6.07, 6.45) is 0. The Morgan fingerprint density at radius 2 is 0.857 bits per heavy atom. The molecule has 0 rings (SSSR count). The van der Waals surface area contributed by atoms with Crippen LogP contribution < -0.4 is 0 Å². The van der Waals surface area contributed by atoms with Crippen molar-refractivity contribution in [3.63, 3.8) is 0 Å². The molecule has 0 atom stereocenters. The van der Waals surface area contributed by atoms with E-state index in [-0.39, 0.29) is 0 Å². The summed E-state index contributed by atoms with van der Waals surface area (Å²) in [5.74, 6) is 0. The van der Waals surface area contributed by atoms with E-state index in [2.05, 4.69) is 38.8 Å². The minimum absolute atomic E-state index is 4.40. The van der Waals surface area contributed by atoms with Crippen molar-refractivity contribution in [1.82, 2.24) is 0 Å². The SMILES string of the molecule is [O]=[Ru](=[O])([Cl])([Cl])([Cl])[Cl]. The van der Waals surface area contributed by atoms with Crippen molar-refractivity contribution in [1.29, 1.82) is 0 Å². The molecule has 0 aliphatic carbocycles. The van der Waals surface area contributed by atoms with Gasteiger partial charge in [0.1, 0.15) is 0 Å². The Kier molecular flexibility index (Phi) is 1.34. The Balaban J connectivity index is 5.35. The van der Waals surface area contributed by atoms with E-state index in [9.17, 15) is 7.15 Å². The molecule has 0 radical (unpaired) electrons.